The molecule has 316 valence electrons. The van der Waals surface area contributed by atoms with Crippen molar-refractivity contribution in [3.05, 3.63) is 36.5 Å². The molecule has 0 aliphatic rings. The maximum absolute atomic E-state index is 13.1. The Labute approximate surface area is 334 Å². The smallest absolute Gasteiger partial charge is 0.306 e. The van der Waals surface area contributed by atoms with Gasteiger partial charge in [-0.15, -0.1) is 0 Å². The number of carbonyl (C=O) groups is 2. The van der Waals surface area contributed by atoms with Crippen molar-refractivity contribution >= 4 is 11.9 Å². The number of carbonyl (C=O) groups excluding carboxylic acids is 2. The molecule has 0 aromatic heterocycles. The molecule has 0 aliphatic carbocycles. The van der Waals surface area contributed by atoms with Gasteiger partial charge in [-0.25, -0.2) is 0 Å². The van der Waals surface area contributed by atoms with Crippen molar-refractivity contribution in [1.29, 1.82) is 0 Å². The average Bonchev–Trinajstić information content (AvgIpc) is 3.16. The van der Waals surface area contributed by atoms with Gasteiger partial charge < -0.3 is 20.3 Å². The molecule has 0 rings (SSSR count). The van der Waals surface area contributed by atoms with Crippen LogP contribution in [0.2, 0.25) is 0 Å². The second-order valence-corrected chi connectivity index (χ2v) is 15.8. The number of unbranched alkanes of at least 4 members (excludes halogenated alkanes) is 23. The molecular formula is C48H89NO5. The summed E-state index contributed by atoms with van der Waals surface area (Å²) in [6, 6.07) is -0.709. The summed E-state index contributed by atoms with van der Waals surface area (Å²) >= 11 is 0. The zero-order valence-corrected chi connectivity index (χ0v) is 35.9. The topological polar surface area (TPSA) is 95.9 Å². The van der Waals surface area contributed by atoms with E-state index in [1.807, 2.05) is 0 Å². The third-order valence-electron chi connectivity index (χ3n) is 10.5. The van der Waals surface area contributed by atoms with Crippen LogP contribution in [0.5, 0.6) is 0 Å². The molecule has 6 heteroatoms. The van der Waals surface area contributed by atoms with Crippen molar-refractivity contribution in [2.75, 3.05) is 6.61 Å². The summed E-state index contributed by atoms with van der Waals surface area (Å²) in [5.41, 5.74) is 0. The van der Waals surface area contributed by atoms with Crippen LogP contribution in [0, 0.1) is 0 Å². The number of hydrogen-bond donors (Lipinski definition) is 3. The highest BCUT2D eigenvalue weighted by atomic mass is 16.5. The fourth-order valence-corrected chi connectivity index (χ4v) is 6.97. The lowest BCUT2D eigenvalue weighted by atomic mass is 10.0. The Kier molecular flexibility index (Phi) is 40.7. The van der Waals surface area contributed by atoms with Gasteiger partial charge in [-0.2, -0.15) is 0 Å². The number of ether oxygens (including phenoxy) is 1. The fourth-order valence-electron chi connectivity index (χ4n) is 6.97. The van der Waals surface area contributed by atoms with E-state index in [-0.39, 0.29) is 24.9 Å². The Bertz CT molecular complexity index is 900. The molecule has 0 radical (unpaired) electrons. The Hall–Kier alpha value is -1.92. The minimum Gasteiger partial charge on any atom is -0.462 e. The molecule has 3 N–H and O–H groups in total. The molecule has 1 amide bonds. The van der Waals surface area contributed by atoms with Gasteiger partial charge in [0.2, 0.25) is 5.91 Å². The first-order chi connectivity index (χ1) is 26.5. The molecule has 0 saturated carbocycles. The monoisotopic (exact) mass is 760 g/mol. The molecule has 0 aliphatic heterocycles. The summed E-state index contributed by atoms with van der Waals surface area (Å²) in [5.74, 6) is -0.511. The molecule has 3 unspecified atom stereocenters. The normalized spacial score (nSPS) is 13.6. The van der Waals surface area contributed by atoms with Crippen molar-refractivity contribution in [2.45, 2.75) is 251 Å². The SMILES string of the molecule is CC/C=C/C/C=C/C/C=C/CCCCC(CC(=O)NC(CO)C(O)CCCCCCCCCCCCCCCC)OC(=O)CCCCCCCCCCC. The van der Waals surface area contributed by atoms with Crippen LogP contribution in [0.1, 0.15) is 233 Å². The van der Waals surface area contributed by atoms with Crippen LogP contribution < -0.4 is 5.32 Å². The van der Waals surface area contributed by atoms with E-state index in [0.717, 1.165) is 77.0 Å². The minimum absolute atomic E-state index is 0.0543. The van der Waals surface area contributed by atoms with Crippen LogP contribution in [0.15, 0.2) is 36.5 Å². The third-order valence-corrected chi connectivity index (χ3v) is 10.5. The molecule has 0 spiro atoms. The highest BCUT2D eigenvalue weighted by Crippen LogP contribution is 2.17. The fraction of sp³-hybridized carbons (Fsp3) is 0.833. The number of esters is 1. The Morgan fingerprint density at radius 1 is 0.556 bits per heavy atom. The first kappa shape index (κ1) is 52.1. The van der Waals surface area contributed by atoms with E-state index in [4.69, 9.17) is 4.74 Å². The van der Waals surface area contributed by atoms with Gasteiger partial charge in [0, 0.05) is 6.42 Å². The maximum Gasteiger partial charge on any atom is 0.306 e. The highest BCUT2D eigenvalue weighted by molar-refractivity contribution is 5.77. The Morgan fingerprint density at radius 3 is 1.50 bits per heavy atom. The zero-order chi connectivity index (χ0) is 39.6. The minimum atomic E-state index is -0.793. The van der Waals surface area contributed by atoms with Crippen LogP contribution in [0.3, 0.4) is 0 Å². The van der Waals surface area contributed by atoms with Crippen LogP contribution in [0.25, 0.3) is 0 Å². The number of hydrogen-bond acceptors (Lipinski definition) is 5. The van der Waals surface area contributed by atoms with Crippen LogP contribution in [0.4, 0.5) is 0 Å². The van der Waals surface area contributed by atoms with Gasteiger partial charge in [-0.3, -0.25) is 9.59 Å². The van der Waals surface area contributed by atoms with Crippen molar-refractivity contribution in [3.8, 4) is 0 Å². The van der Waals surface area contributed by atoms with Crippen molar-refractivity contribution < 1.29 is 24.5 Å². The highest BCUT2D eigenvalue weighted by Gasteiger charge is 2.24. The molecule has 0 bridgehead atoms. The van der Waals surface area contributed by atoms with Gasteiger partial charge in [-0.05, 0) is 57.8 Å². The molecule has 3 atom stereocenters. The summed E-state index contributed by atoms with van der Waals surface area (Å²) in [5, 5.41) is 23.6. The number of aliphatic hydroxyl groups excluding tert-OH is 2. The van der Waals surface area contributed by atoms with E-state index < -0.39 is 18.2 Å². The number of amides is 1. The summed E-state index contributed by atoms with van der Waals surface area (Å²) < 4.78 is 5.87. The summed E-state index contributed by atoms with van der Waals surface area (Å²) in [6.45, 7) is 6.33. The van der Waals surface area contributed by atoms with E-state index in [0.29, 0.717) is 19.3 Å². The quantitative estimate of drug-likeness (QED) is 0.0328. The average molecular weight is 760 g/mol. The summed E-state index contributed by atoms with van der Waals surface area (Å²) in [4.78, 5) is 25.9. The van der Waals surface area contributed by atoms with Gasteiger partial charge in [0.15, 0.2) is 0 Å². The Balaban J connectivity index is 4.57. The molecule has 54 heavy (non-hydrogen) atoms. The van der Waals surface area contributed by atoms with Gasteiger partial charge in [0.25, 0.3) is 0 Å². The summed E-state index contributed by atoms with van der Waals surface area (Å²) in [7, 11) is 0. The summed E-state index contributed by atoms with van der Waals surface area (Å²) in [6.07, 6.45) is 47.8. The first-order valence-electron chi connectivity index (χ1n) is 23.2. The van der Waals surface area contributed by atoms with Gasteiger partial charge in [0.05, 0.1) is 25.2 Å². The lowest BCUT2D eigenvalue weighted by Crippen LogP contribution is -2.46. The number of aliphatic hydroxyl groups is 2. The predicted molar refractivity (Wildman–Crippen MR) is 232 cm³/mol. The van der Waals surface area contributed by atoms with Crippen molar-refractivity contribution in [3.63, 3.8) is 0 Å². The van der Waals surface area contributed by atoms with Crippen LogP contribution >= 0.6 is 0 Å². The molecular weight excluding hydrogens is 671 g/mol. The molecule has 0 fully saturated rings. The first-order valence-corrected chi connectivity index (χ1v) is 23.2. The van der Waals surface area contributed by atoms with E-state index in [2.05, 4.69) is 62.5 Å². The molecule has 0 aromatic carbocycles. The van der Waals surface area contributed by atoms with E-state index in [1.165, 1.54) is 109 Å². The van der Waals surface area contributed by atoms with E-state index in [9.17, 15) is 19.8 Å². The maximum atomic E-state index is 13.1. The largest absolute Gasteiger partial charge is 0.462 e. The second kappa shape index (κ2) is 42.2. The van der Waals surface area contributed by atoms with Gasteiger partial charge >= 0.3 is 5.97 Å². The molecule has 0 aromatic rings. The van der Waals surface area contributed by atoms with Crippen LogP contribution in [-0.2, 0) is 14.3 Å². The Morgan fingerprint density at radius 2 is 1.00 bits per heavy atom. The number of rotatable bonds is 41. The van der Waals surface area contributed by atoms with E-state index in [1.54, 1.807) is 0 Å². The standard InChI is InChI=1S/C48H89NO5/c1-4-7-10-13-16-19-21-23-24-26-29-31-34-37-40-46(51)45(43-50)49-47(52)42-44(39-36-33-30-28-25-22-20-17-14-11-8-5-2)54-48(53)41-38-35-32-27-18-15-12-9-6-3/h8,11,17,20,25,28,44-46,50-51H,4-7,9-10,12-16,18-19,21-24,26-27,29-43H2,1-3H3,(H,49,52)/b11-8+,20-17+,28-25+. The molecule has 0 saturated heterocycles. The van der Waals surface area contributed by atoms with Crippen molar-refractivity contribution in [1.82, 2.24) is 5.32 Å². The van der Waals surface area contributed by atoms with Gasteiger partial charge in [-0.1, -0.05) is 198 Å². The second-order valence-electron chi connectivity index (χ2n) is 15.8. The predicted octanol–water partition coefficient (Wildman–Crippen LogP) is 13.3. The number of nitrogens with one attached hydrogen (secondary N) is 1. The van der Waals surface area contributed by atoms with Crippen LogP contribution in [-0.4, -0.2) is 46.9 Å². The lowest BCUT2D eigenvalue weighted by molar-refractivity contribution is -0.151. The van der Waals surface area contributed by atoms with E-state index >= 15 is 0 Å². The third kappa shape index (κ3) is 37.0. The number of allylic oxidation sites excluding steroid dienone is 6. The molecule has 0 heterocycles. The van der Waals surface area contributed by atoms with Crippen molar-refractivity contribution in [2.24, 2.45) is 0 Å². The lowest BCUT2D eigenvalue weighted by Gasteiger charge is -2.24. The molecule has 6 nitrogen and oxygen atoms in total. The van der Waals surface area contributed by atoms with Gasteiger partial charge in [0.1, 0.15) is 6.10 Å². The zero-order valence-electron chi connectivity index (χ0n) is 35.9.